The lowest BCUT2D eigenvalue weighted by Crippen LogP contribution is -2.22. The monoisotopic (exact) mass is 273 g/mol. The van der Waals surface area contributed by atoms with Crippen LogP contribution in [-0.4, -0.2) is 12.5 Å². The molecule has 19 heavy (non-hydrogen) atoms. The minimum atomic E-state index is -0.253. The molecule has 5 nitrogen and oxygen atoms in total. The molecule has 0 aliphatic carbocycles. The lowest BCUT2D eigenvalue weighted by molar-refractivity contribution is 0.102. The highest BCUT2D eigenvalue weighted by molar-refractivity contribution is 7.16. The maximum Gasteiger partial charge on any atom is 0.259 e. The second-order valence-corrected chi connectivity index (χ2v) is 5.32. The first-order valence-corrected chi connectivity index (χ1v) is 6.70. The Bertz CT molecular complexity index is 652. The van der Waals surface area contributed by atoms with Crippen LogP contribution in [-0.2, 0) is 13.0 Å². The summed E-state index contributed by atoms with van der Waals surface area (Å²) in [5, 5.41) is 16.0. The van der Waals surface area contributed by atoms with Gasteiger partial charge in [-0.25, -0.2) is 0 Å². The zero-order valence-corrected chi connectivity index (χ0v) is 10.8. The maximum atomic E-state index is 12.0. The Morgan fingerprint density at radius 2 is 2.47 bits per heavy atom. The Hall–Kier alpha value is -2.10. The van der Waals surface area contributed by atoms with Crippen molar-refractivity contribution < 1.29 is 9.21 Å². The van der Waals surface area contributed by atoms with Gasteiger partial charge in [-0.05, 0) is 24.6 Å². The van der Waals surface area contributed by atoms with E-state index in [4.69, 9.17) is 4.42 Å². The predicted octanol–water partition coefficient (Wildman–Crippen LogP) is 2.11. The van der Waals surface area contributed by atoms with Crippen molar-refractivity contribution in [1.82, 2.24) is 5.32 Å². The SMILES string of the molecule is N#Cc1c(NC(=O)c2ccoc2)sc2c1CCNC2. The first-order chi connectivity index (χ1) is 9.29. The molecule has 2 N–H and O–H groups in total. The summed E-state index contributed by atoms with van der Waals surface area (Å²) in [5.74, 6) is -0.253. The van der Waals surface area contributed by atoms with Crippen molar-refractivity contribution in [2.24, 2.45) is 0 Å². The van der Waals surface area contributed by atoms with Crippen molar-refractivity contribution in [2.75, 3.05) is 11.9 Å². The van der Waals surface area contributed by atoms with Gasteiger partial charge in [0.1, 0.15) is 17.3 Å². The molecule has 2 aromatic heterocycles. The molecule has 0 atom stereocenters. The topological polar surface area (TPSA) is 78.1 Å². The van der Waals surface area contributed by atoms with Crippen LogP contribution in [0.5, 0.6) is 0 Å². The first kappa shape index (κ1) is 12.0. The van der Waals surface area contributed by atoms with E-state index in [0.717, 1.165) is 30.0 Å². The Labute approximate surface area is 113 Å². The van der Waals surface area contributed by atoms with Crippen LogP contribution in [0.3, 0.4) is 0 Å². The summed E-state index contributed by atoms with van der Waals surface area (Å²) in [6.07, 6.45) is 3.66. The van der Waals surface area contributed by atoms with Crippen molar-refractivity contribution in [1.29, 1.82) is 5.26 Å². The van der Waals surface area contributed by atoms with E-state index in [1.165, 1.54) is 23.9 Å². The van der Waals surface area contributed by atoms with Crippen LogP contribution in [0, 0.1) is 11.3 Å². The van der Waals surface area contributed by atoms with Crippen molar-refractivity contribution in [3.63, 3.8) is 0 Å². The highest BCUT2D eigenvalue weighted by Crippen LogP contribution is 2.34. The van der Waals surface area contributed by atoms with Crippen molar-refractivity contribution in [2.45, 2.75) is 13.0 Å². The second-order valence-electron chi connectivity index (χ2n) is 4.21. The molecule has 3 heterocycles. The van der Waals surface area contributed by atoms with Crippen molar-refractivity contribution in [3.8, 4) is 6.07 Å². The molecule has 0 spiro atoms. The van der Waals surface area contributed by atoms with Crippen molar-refractivity contribution in [3.05, 3.63) is 40.2 Å². The van der Waals surface area contributed by atoms with Crippen LogP contribution < -0.4 is 10.6 Å². The molecule has 0 saturated carbocycles. The lowest BCUT2D eigenvalue weighted by Gasteiger charge is -2.11. The molecule has 0 aromatic carbocycles. The molecule has 3 rings (SSSR count). The quantitative estimate of drug-likeness (QED) is 0.878. The maximum absolute atomic E-state index is 12.0. The zero-order valence-electron chi connectivity index (χ0n) is 10.0. The van der Waals surface area contributed by atoms with Crippen LogP contribution >= 0.6 is 11.3 Å². The zero-order chi connectivity index (χ0) is 13.2. The van der Waals surface area contributed by atoms with Crippen molar-refractivity contribution >= 4 is 22.2 Å². The summed E-state index contributed by atoms with van der Waals surface area (Å²) in [5.41, 5.74) is 2.11. The number of amides is 1. The van der Waals surface area contributed by atoms with Gasteiger partial charge in [0.15, 0.2) is 0 Å². The molecular formula is C13H11N3O2S. The predicted molar refractivity (Wildman–Crippen MR) is 71.1 cm³/mol. The van der Waals surface area contributed by atoms with Crippen LogP contribution in [0.4, 0.5) is 5.00 Å². The van der Waals surface area contributed by atoms with Gasteiger partial charge in [-0.2, -0.15) is 5.26 Å². The fraction of sp³-hybridized carbons (Fsp3) is 0.231. The Morgan fingerprint density at radius 3 is 3.21 bits per heavy atom. The minimum Gasteiger partial charge on any atom is -0.472 e. The molecule has 1 aliphatic heterocycles. The number of anilines is 1. The molecule has 0 unspecified atom stereocenters. The van der Waals surface area contributed by atoms with Gasteiger partial charge in [0.2, 0.25) is 0 Å². The van der Waals surface area contributed by atoms with E-state index >= 15 is 0 Å². The second kappa shape index (κ2) is 4.88. The molecule has 0 saturated heterocycles. The molecule has 0 fully saturated rings. The van der Waals surface area contributed by atoms with E-state index in [9.17, 15) is 10.1 Å². The largest absolute Gasteiger partial charge is 0.472 e. The molecule has 1 aliphatic rings. The molecule has 6 heteroatoms. The average Bonchev–Trinajstić information content (AvgIpc) is 3.05. The van der Waals surface area contributed by atoms with Gasteiger partial charge < -0.3 is 15.1 Å². The molecule has 1 amide bonds. The van der Waals surface area contributed by atoms with Gasteiger partial charge in [0, 0.05) is 11.4 Å². The van der Waals surface area contributed by atoms with E-state index in [-0.39, 0.29) is 5.91 Å². The number of nitriles is 1. The van der Waals surface area contributed by atoms with Crippen LogP contribution in [0.15, 0.2) is 23.0 Å². The summed E-state index contributed by atoms with van der Waals surface area (Å²) in [6, 6.07) is 3.79. The van der Waals surface area contributed by atoms with Gasteiger partial charge in [-0.1, -0.05) is 0 Å². The van der Waals surface area contributed by atoms with Gasteiger partial charge >= 0.3 is 0 Å². The number of nitrogens with zero attached hydrogens (tertiary/aromatic N) is 1. The molecule has 2 aromatic rings. The number of fused-ring (bicyclic) bond motifs is 1. The van der Waals surface area contributed by atoms with Crippen LogP contribution in [0.25, 0.3) is 0 Å². The Kier molecular flexibility index (Phi) is 3.07. The number of carbonyl (C=O) groups is 1. The highest BCUT2D eigenvalue weighted by Gasteiger charge is 2.22. The minimum absolute atomic E-state index is 0.253. The van der Waals surface area contributed by atoms with Gasteiger partial charge in [0.05, 0.1) is 17.4 Å². The summed E-state index contributed by atoms with van der Waals surface area (Å²) in [7, 11) is 0. The summed E-state index contributed by atoms with van der Waals surface area (Å²) in [4.78, 5) is 13.1. The third-order valence-electron chi connectivity index (χ3n) is 3.05. The summed E-state index contributed by atoms with van der Waals surface area (Å²) in [6.45, 7) is 1.63. The Morgan fingerprint density at radius 1 is 1.58 bits per heavy atom. The molecule has 96 valence electrons. The Balaban J connectivity index is 1.91. The third-order valence-corrected chi connectivity index (χ3v) is 4.20. The fourth-order valence-corrected chi connectivity index (χ4v) is 3.27. The van der Waals surface area contributed by atoms with Crippen LogP contribution in [0.2, 0.25) is 0 Å². The van der Waals surface area contributed by atoms with E-state index in [0.29, 0.717) is 16.1 Å². The van der Waals surface area contributed by atoms with E-state index in [1.54, 1.807) is 6.07 Å². The average molecular weight is 273 g/mol. The van der Waals surface area contributed by atoms with Crippen LogP contribution in [0.1, 0.15) is 26.4 Å². The van der Waals surface area contributed by atoms with Gasteiger partial charge in [-0.15, -0.1) is 11.3 Å². The summed E-state index contributed by atoms with van der Waals surface area (Å²) >= 11 is 1.46. The standard InChI is InChI=1S/C13H11N3O2S/c14-5-10-9-1-3-15-6-11(9)19-13(10)16-12(17)8-2-4-18-7-8/h2,4,7,15H,1,3,6H2,(H,16,17). The molecule has 0 radical (unpaired) electrons. The number of rotatable bonds is 2. The number of nitrogens with one attached hydrogen (secondary N) is 2. The molecule has 0 bridgehead atoms. The number of hydrogen-bond donors (Lipinski definition) is 2. The smallest absolute Gasteiger partial charge is 0.259 e. The van der Waals surface area contributed by atoms with E-state index in [1.807, 2.05) is 0 Å². The summed E-state index contributed by atoms with van der Waals surface area (Å²) < 4.78 is 4.88. The van der Waals surface area contributed by atoms with E-state index in [2.05, 4.69) is 16.7 Å². The van der Waals surface area contributed by atoms with Gasteiger partial charge in [0.25, 0.3) is 5.91 Å². The lowest BCUT2D eigenvalue weighted by atomic mass is 10.1. The van der Waals surface area contributed by atoms with E-state index < -0.39 is 0 Å². The number of thiophene rings is 1. The highest BCUT2D eigenvalue weighted by atomic mass is 32.1. The number of furan rings is 1. The normalized spacial score (nSPS) is 13.6. The number of carbonyl (C=O) groups excluding carboxylic acids is 1. The van der Waals surface area contributed by atoms with Gasteiger partial charge in [-0.3, -0.25) is 4.79 Å². The number of hydrogen-bond acceptors (Lipinski definition) is 5. The third kappa shape index (κ3) is 2.14. The fourth-order valence-electron chi connectivity index (χ4n) is 2.11. The first-order valence-electron chi connectivity index (χ1n) is 5.88. The molecular weight excluding hydrogens is 262 g/mol.